The number of nitrogens with zero attached hydrogens (tertiary/aromatic N) is 1. The molecule has 0 heterocycles. The lowest BCUT2D eigenvalue weighted by molar-refractivity contribution is -0.160. The van der Waals surface area contributed by atoms with Crippen LogP contribution in [0.15, 0.2) is 24.3 Å². The van der Waals surface area contributed by atoms with Crippen molar-refractivity contribution in [1.82, 2.24) is 10.2 Å². The maximum atomic E-state index is 13.8. The van der Waals surface area contributed by atoms with E-state index < -0.39 is 35.9 Å². The quantitative estimate of drug-likeness (QED) is 0.148. The molecule has 0 unspecified atom stereocenters. The molecule has 0 bridgehead atoms. The number of hydrogen-bond donors (Lipinski definition) is 5. The van der Waals surface area contributed by atoms with Crippen LogP contribution in [0.2, 0.25) is 0 Å². The first-order valence-electron chi connectivity index (χ1n) is 11.3. The molecular formula is C23H37IN4O4S2. The lowest BCUT2D eigenvalue weighted by Crippen LogP contribution is -2.61. The van der Waals surface area contributed by atoms with Crippen LogP contribution in [-0.4, -0.2) is 76.3 Å². The van der Waals surface area contributed by atoms with Gasteiger partial charge in [0.1, 0.15) is 6.04 Å². The number of amides is 2. The SMILES string of the molecule is CC[C@H](C)[C@H](NC[C@@H](N)CS)C(=O)N(C(=O)[C@@H](N)Cc1ccc(I)cc1)[C@@H](CCSC)C(=O)O. The molecule has 0 aliphatic rings. The fourth-order valence-corrected chi connectivity index (χ4v) is 4.36. The highest BCUT2D eigenvalue weighted by atomic mass is 127. The first-order chi connectivity index (χ1) is 16.1. The second kappa shape index (κ2) is 16.0. The van der Waals surface area contributed by atoms with Gasteiger partial charge in [-0.2, -0.15) is 24.4 Å². The van der Waals surface area contributed by atoms with E-state index in [4.69, 9.17) is 11.5 Å². The van der Waals surface area contributed by atoms with E-state index in [1.807, 2.05) is 44.4 Å². The van der Waals surface area contributed by atoms with Crippen molar-refractivity contribution in [3.63, 3.8) is 0 Å². The smallest absolute Gasteiger partial charge is 0.326 e. The predicted molar refractivity (Wildman–Crippen MR) is 150 cm³/mol. The van der Waals surface area contributed by atoms with E-state index in [0.29, 0.717) is 24.5 Å². The fraction of sp³-hybridized carbons (Fsp3) is 0.609. The standard InChI is InChI=1S/C23H37IN4O4S2/c1-4-14(2)20(27-12-17(25)13-33)22(30)28(19(23(31)32)9-10-34-3)21(29)18(26)11-15-5-7-16(24)8-6-15/h5-8,14,17-20,27,33H,4,9-13,25-26H2,1-3H3,(H,31,32)/t14-,17+,18-,19-,20-/m0/s1. The number of benzene rings is 1. The molecule has 1 rings (SSSR count). The first-order valence-corrected chi connectivity index (χ1v) is 14.4. The minimum atomic E-state index is -1.30. The Hall–Kier alpha value is -0.860. The highest BCUT2D eigenvalue weighted by molar-refractivity contribution is 14.1. The zero-order valence-electron chi connectivity index (χ0n) is 19.9. The van der Waals surface area contributed by atoms with E-state index in [1.165, 1.54) is 11.8 Å². The van der Waals surface area contributed by atoms with Crippen LogP contribution < -0.4 is 16.8 Å². The average molecular weight is 625 g/mol. The first kappa shape index (κ1) is 31.2. The normalized spacial score (nSPS) is 15.7. The number of carbonyl (C=O) groups excluding carboxylic acids is 2. The van der Waals surface area contributed by atoms with Gasteiger partial charge in [-0.3, -0.25) is 14.5 Å². The summed E-state index contributed by atoms with van der Waals surface area (Å²) in [5.74, 6) is -1.76. The van der Waals surface area contributed by atoms with Gasteiger partial charge < -0.3 is 21.9 Å². The third kappa shape index (κ3) is 9.65. The summed E-state index contributed by atoms with van der Waals surface area (Å²) in [6.45, 7) is 4.12. The molecule has 0 aromatic heterocycles. The number of aliphatic carboxylic acids is 1. The molecule has 0 saturated heterocycles. The van der Waals surface area contributed by atoms with Crippen LogP contribution in [0.25, 0.3) is 0 Å². The number of imide groups is 1. The van der Waals surface area contributed by atoms with Crippen molar-refractivity contribution >= 4 is 64.8 Å². The van der Waals surface area contributed by atoms with Gasteiger partial charge in [0.15, 0.2) is 0 Å². The van der Waals surface area contributed by atoms with Gasteiger partial charge in [-0.1, -0.05) is 32.4 Å². The highest BCUT2D eigenvalue weighted by Crippen LogP contribution is 2.19. The molecule has 8 nitrogen and oxygen atoms in total. The number of thioether (sulfide) groups is 1. The Morgan fingerprint density at radius 1 is 1.21 bits per heavy atom. The molecule has 2 amide bonds. The van der Waals surface area contributed by atoms with Crippen molar-refractivity contribution in [2.24, 2.45) is 17.4 Å². The molecule has 1 aromatic rings. The Morgan fingerprint density at radius 2 is 1.82 bits per heavy atom. The molecule has 0 spiro atoms. The molecule has 0 fully saturated rings. The van der Waals surface area contributed by atoms with Gasteiger partial charge in [0.2, 0.25) is 11.8 Å². The molecule has 192 valence electrons. The van der Waals surface area contributed by atoms with Gasteiger partial charge in [-0.15, -0.1) is 0 Å². The molecule has 11 heteroatoms. The second-order valence-electron chi connectivity index (χ2n) is 8.33. The van der Waals surface area contributed by atoms with E-state index in [9.17, 15) is 19.5 Å². The van der Waals surface area contributed by atoms with Gasteiger partial charge in [-0.05, 0) is 71.1 Å². The maximum absolute atomic E-state index is 13.8. The van der Waals surface area contributed by atoms with Crippen molar-refractivity contribution in [2.75, 3.05) is 24.3 Å². The number of hydrogen-bond acceptors (Lipinski definition) is 8. The Bertz CT molecular complexity index is 800. The third-order valence-electron chi connectivity index (χ3n) is 5.67. The lowest BCUT2D eigenvalue weighted by atomic mass is 9.95. The molecule has 0 radical (unpaired) electrons. The third-order valence-corrected chi connectivity index (χ3v) is 7.50. The van der Waals surface area contributed by atoms with E-state index in [-0.39, 0.29) is 24.8 Å². The van der Waals surface area contributed by atoms with E-state index in [0.717, 1.165) is 14.0 Å². The summed E-state index contributed by atoms with van der Waals surface area (Å²) in [5.41, 5.74) is 13.1. The van der Waals surface area contributed by atoms with Crippen LogP contribution >= 0.6 is 47.0 Å². The van der Waals surface area contributed by atoms with Crippen molar-refractivity contribution in [2.45, 2.75) is 57.3 Å². The van der Waals surface area contributed by atoms with Crippen molar-refractivity contribution in [3.05, 3.63) is 33.4 Å². The predicted octanol–water partition coefficient (Wildman–Crippen LogP) is 1.98. The Labute approximate surface area is 225 Å². The largest absolute Gasteiger partial charge is 0.480 e. The maximum Gasteiger partial charge on any atom is 0.326 e. The summed E-state index contributed by atoms with van der Waals surface area (Å²) in [6, 6.07) is 4.12. The second-order valence-corrected chi connectivity index (χ2v) is 10.9. The van der Waals surface area contributed by atoms with Crippen molar-refractivity contribution in [1.29, 1.82) is 0 Å². The Balaban J connectivity index is 3.31. The van der Waals surface area contributed by atoms with E-state index >= 15 is 0 Å². The molecule has 5 atom stereocenters. The minimum Gasteiger partial charge on any atom is -0.480 e. The number of halogens is 1. The molecule has 6 N–H and O–H groups in total. The van der Waals surface area contributed by atoms with Crippen LogP contribution in [0.3, 0.4) is 0 Å². The van der Waals surface area contributed by atoms with Crippen LogP contribution in [-0.2, 0) is 20.8 Å². The molecular weight excluding hydrogens is 587 g/mol. The Morgan fingerprint density at radius 3 is 2.32 bits per heavy atom. The van der Waals surface area contributed by atoms with E-state index in [1.54, 1.807) is 0 Å². The lowest BCUT2D eigenvalue weighted by Gasteiger charge is -2.34. The summed E-state index contributed by atoms with van der Waals surface area (Å²) in [4.78, 5) is 40.4. The zero-order chi connectivity index (χ0) is 25.8. The number of nitrogens with one attached hydrogen (secondary N) is 1. The topological polar surface area (TPSA) is 139 Å². The monoisotopic (exact) mass is 624 g/mol. The number of carboxylic acid groups (broad SMARTS) is 1. The van der Waals surface area contributed by atoms with Crippen LogP contribution in [0.5, 0.6) is 0 Å². The molecule has 1 aromatic carbocycles. The van der Waals surface area contributed by atoms with Gasteiger partial charge in [0, 0.05) is 21.9 Å². The van der Waals surface area contributed by atoms with Gasteiger partial charge in [-0.25, -0.2) is 4.79 Å². The number of carbonyl (C=O) groups is 3. The summed E-state index contributed by atoms with van der Waals surface area (Å²) < 4.78 is 1.04. The molecule has 0 aliphatic carbocycles. The molecule has 0 saturated carbocycles. The van der Waals surface area contributed by atoms with Crippen LogP contribution in [0.4, 0.5) is 0 Å². The molecule has 34 heavy (non-hydrogen) atoms. The van der Waals surface area contributed by atoms with E-state index in [2.05, 4.69) is 40.5 Å². The average Bonchev–Trinajstić information content (AvgIpc) is 2.81. The van der Waals surface area contributed by atoms with Crippen molar-refractivity contribution in [3.8, 4) is 0 Å². The Kier molecular flexibility index (Phi) is 14.7. The number of nitrogens with two attached hydrogens (primary N) is 2. The number of rotatable bonds is 15. The molecule has 0 aliphatic heterocycles. The zero-order valence-corrected chi connectivity index (χ0v) is 23.8. The summed E-state index contributed by atoms with van der Waals surface area (Å²) in [7, 11) is 0. The number of carboxylic acids is 1. The highest BCUT2D eigenvalue weighted by Gasteiger charge is 2.41. The summed E-state index contributed by atoms with van der Waals surface area (Å²) in [5, 5.41) is 13.1. The van der Waals surface area contributed by atoms with Gasteiger partial charge in [0.05, 0.1) is 12.1 Å². The summed E-state index contributed by atoms with van der Waals surface area (Å²) in [6.07, 6.45) is 2.82. The van der Waals surface area contributed by atoms with Gasteiger partial charge >= 0.3 is 5.97 Å². The fourth-order valence-electron chi connectivity index (χ4n) is 3.41. The van der Waals surface area contributed by atoms with Gasteiger partial charge in [0.25, 0.3) is 0 Å². The minimum absolute atomic E-state index is 0.133. The summed E-state index contributed by atoms with van der Waals surface area (Å²) >= 11 is 7.82. The van der Waals surface area contributed by atoms with Crippen molar-refractivity contribution < 1.29 is 19.5 Å². The van der Waals surface area contributed by atoms with Crippen LogP contribution in [0, 0.1) is 9.49 Å². The number of thiol groups is 1. The van der Waals surface area contributed by atoms with Crippen LogP contribution in [0.1, 0.15) is 32.3 Å².